The maximum absolute atomic E-state index is 8.00. The Balaban J connectivity index is 0.000000222. The molecular weight excluding hydrogens is 106 g/mol. The van der Waals surface area contributed by atoms with Crippen molar-refractivity contribution in [1.82, 2.24) is 15.4 Å². The van der Waals surface area contributed by atoms with Gasteiger partial charge < -0.3 is 4.79 Å². The average molecular weight is 111 g/mol. The van der Waals surface area contributed by atoms with Crippen molar-refractivity contribution in [1.29, 1.82) is 0 Å². The van der Waals surface area contributed by atoms with E-state index in [9.17, 15) is 0 Å². The molecule has 0 atom stereocenters. The summed E-state index contributed by atoms with van der Waals surface area (Å²) in [7, 11) is 0. The number of nitrogens with zero attached hydrogens (tertiary/aromatic N) is 3. The number of aromatic nitrogens is 3. The standard InChI is InChI=1S/C3H3N3.CH2O/c1-2-4-6-5-3-1;1-2/h1-3H;1H2. The Labute approximate surface area is 46.6 Å². The van der Waals surface area contributed by atoms with Crippen LogP contribution in [0, 0.1) is 0 Å². The van der Waals surface area contributed by atoms with E-state index in [2.05, 4.69) is 15.4 Å². The first kappa shape index (κ1) is 6.68. The van der Waals surface area contributed by atoms with E-state index in [1.165, 1.54) is 0 Å². The van der Waals surface area contributed by atoms with Crippen molar-refractivity contribution in [2.45, 2.75) is 0 Å². The molecule has 0 spiro atoms. The van der Waals surface area contributed by atoms with Gasteiger partial charge in [0.1, 0.15) is 6.79 Å². The van der Waals surface area contributed by atoms with Gasteiger partial charge in [-0.15, -0.1) is 10.2 Å². The molecule has 0 N–H and O–H groups in total. The third-order valence-corrected chi connectivity index (χ3v) is 0.409. The Morgan fingerprint density at radius 3 is 1.75 bits per heavy atom. The monoisotopic (exact) mass is 111 g/mol. The van der Waals surface area contributed by atoms with Crippen LogP contribution < -0.4 is 0 Å². The molecule has 0 saturated heterocycles. The molecule has 0 aliphatic carbocycles. The van der Waals surface area contributed by atoms with Crippen LogP contribution in [0.4, 0.5) is 0 Å². The van der Waals surface area contributed by atoms with Gasteiger partial charge in [0, 0.05) is 0 Å². The molecule has 0 aliphatic rings. The van der Waals surface area contributed by atoms with Gasteiger partial charge in [-0.2, -0.15) is 0 Å². The van der Waals surface area contributed by atoms with Crippen LogP contribution in [0.25, 0.3) is 0 Å². The predicted octanol–water partition coefficient (Wildman–Crippen LogP) is -0.313. The van der Waals surface area contributed by atoms with Crippen LogP contribution in [0.15, 0.2) is 18.5 Å². The number of carbonyl (C=O) groups is 1. The zero-order valence-electron chi connectivity index (χ0n) is 4.19. The minimum absolute atomic E-state index is 1.58. The molecule has 0 saturated carbocycles. The Hall–Kier alpha value is -1.32. The highest BCUT2D eigenvalue weighted by atomic mass is 16.1. The Kier molecular flexibility index (Phi) is 4.74. The lowest BCUT2D eigenvalue weighted by atomic mass is 10.7. The van der Waals surface area contributed by atoms with Gasteiger partial charge in [-0.3, -0.25) is 0 Å². The summed E-state index contributed by atoms with van der Waals surface area (Å²) in [4.78, 5) is 8.00. The number of hydrogen-bond donors (Lipinski definition) is 0. The lowest BCUT2D eigenvalue weighted by Crippen LogP contribution is -1.78. The minimum Gasteiger partial charge on any atom is -0.307 e. The average Bonchev–Trinajstić information content (AvgIpc) is 1.96. The zero-order valence-corrected chi connectivity index (χ0v) is 4.19. The fourth-order valence-corrected chi connectivity index (χ4v) is 0.205. The van der Waals surface area contributed by atoms with E-state index in [4.69, 9.17) is 4.79 Å². The largest absolute Gasteiger partial charge is 0.307 e. The maximum Gasteiger partial charge on any atom is 0.106 e. The molecule has 4 heteroatoms. The fraction of sp³-hybridized carbons (Fsp3) is 0. The summed E-state index contributed by atoms with van der Waals surface area (Å²) in [6, 6.07) is 1.72. The molecule has 0 unspecified atom stereocenters. The highest BCUT2D eigenvalue weighted by Crippen LogP contribution is 1.61. The number of rotatable bonds is 0. The molecule has 0 amide bonds. The Morgan fingerprint density at radius 1 is 1.12 bits per heavy atom. The van der Waals surface area contributed by atoms with Crippen LogP contribution in [0.3, 0.4) is 0 Å². The van der Waals surface area contributed by atoms with Crippen molar-refractivity contribution in [2.24, 2.45) is 0 Å². The second-order valence-electron chi connectivity index (χ2n) is 0.811. The number of hydrogen-bond acceptors (Lipinski definition) is 4. The molecule has 4 nitrogen and oxygen atoms in total. The topological polar surface area (TPSA) is 55.7 Å². The van der Waals surface area contributed by atoms with Gasteiger partial charge in [0.2, 0.25) is 0 Å². The molecule has 0 fully saturated rings. The van der Waals surface area contributed by atoms with Crippen molar-refractivity contribution >= 4 is 6.79 Å². The maximum atomic E-state index is 8.00. The molecular formula is C4H5N3O. The highest BCUT2D eigenvalue weighted by molar-refractivity contribution is 5.10. The highest BCUT2D eigenvalue weighted by Gasteiger charge is 1.60. The summed E-state index contributed by atoms with van der Waals surface area (Å²) < 4.78 is 0. The van der Waals surface area contributed by atoms with Crippen LogP contribution in [-0.2, 0) is 4.79 Å². The van der Waals surface area contributed by atoms with Crippen molar-refractivity contribution in [3.63, 3.8) is 0 Å². The van der Waals surface area contributed by atoms with Gasteiger partial charge in [-0.25, -0.2) is 0 Å². The lowest BCUT2D eigenvalue weighted by Gasteiger charge is -1.68. The summed E-state index contributed by atoms with van der Waals surface area (Å²) in [5, 5.41) is 10.1. The van der Waals surface area contributed by atoms with E-state index in [-0.39, 0.29) is 0 Å². The van der Waals surface area contributed by atoms with Crippen LogP contribution >= 0.6 is 0 Å². The first-order chi connectivity index (χ1) is 4.00. The van der Waals surface area contributed by atoms with E-state index < -0.39 is 0 Å². The quantitative estimate of drug-likeness (QED) is 0.460. The molecule has 1 aromatic heterocycles. The number of carbonyl (C=O) groups excluding carboxylic acids is 1. The molecule has 1 rings (SSSR count). The summed E-state index contributed by atoms with van der Waals surface area (Å²) >= 11 is 0. The second kappa shape index (κ2) is 5.68. The van der Waals surface area contributed by atoms with Crippen molar-refractivity contribution < 1.29 is 4.79 Å². The fourth-order valence-electron chi connectivity index (χ4n) is 0.205. The Bertz CT molecular complexity index is 94.1. The smallest absolute Gasteiger partial charge is 0.106 e. The van der Waals surface area contributed by atoms with Gasteiger partial charge in [0.25, 0.3) is 0 Å². The van der Waals surface area contributed by atoms with Crippen LogP contribution in [-0.4, -0.2) is 22.2 Å². The van der Waals surface area contributed by atoms with Gasteiger partial charge in [-0.1, -0.05) is 0 Å². The third-order valence-electron chi connectivity index (χ3n) is 0.409. The van der Waals surface area contributed by atoms with Gasteiger partial charge in [0.05, 0.1) is 12.4 Å². The summed E-state index contributed by atoms with van der Waals surface area (Å²) in [5.74, 6) is 0. The van der Waals surface area contributed by atoms with Crippen molar-refractivity contribution in [2.75, 3.05) is 0 Å². The van der Waals surface area contributed by atoms with Gasteiger partial charge >= 0.3 is 0 Å². The molecule has 0 bridgehead atoms. The molecule has 1 heterocycles. The first-order valence-electron chi connectivity index (χ1n) is 1.87. The molecule has 42 valence electrons. The minimum atomic E-state index is 1.58. The Morgan fingerprint density at radius 2 is 1.62 bits per heavy atom. The summed E-state index contributed by atoms with van der Waals surface area (Å²) in [6.07, 6.45) is 3.15. The summed E-state index contributed by atoms with van der Waals surface area (Å²) in [6.45, 7) is 2.00. The predicted molar refractivity (Wildman–Crippen MR) is 26.9 cm³/mol. The first-order valence-corrected chi connectivity index (χ1v) is 1.87. The normalized spacial score (nSPS) is 6.50. The van der Waals surface area contributed by atoms with Crippen molar-refractivity contribution in [3.05, 3.63) is 18.5 Å². The lowest BCUT2D eigenvalue weighted by molar-refractivity contribution is -0.0979. The summed E-state index contributed by atoms with van der Waals surface area (Å²) in [5.41, 5.74) is 0. The zero-order chi connectivity index (χ0) is 6.24. The van der Waals surface area contributed by atoms with E-state index in [0.29, 0.717) is 0 Å². The second-order valence-corrected chi connectivity index (χ2v) is 0.811. The molecule has 0 aliphatic heterocycles. The van der Waals surface area contributed by atoms with E-state index in [0.717, 1.165) is 0 Å². The van der Waals surface area contributed by atoms with Gasteiger partial charge in [0.15, 0.2) is 0 Å². The van der Waals surface area contributed by atoms with E-state index in [1.54, 1.807) is 18.5 Å². The third kappa shape index (κ3) is 2.89. The molecule has 0 aromatic carbocycles. The van der Waals surface area contributed by atoms with E-state index in [1.807, 2.05) is 6.79 Å². The van der Waals surface area contributed by atoms with Crippen LogP contribution in [0.5, 0.6) is 0 Å². The van der Waals surface area contributed by atoms with Crippen molar-refractivity contribution in [3.8, 4) is 0 Å². The molecule has 8 heavy (non-hydrogen) atoms. The van der Waals surface area contributed by atoms with Crippen LogP contribution in [0.2, 0.25) is 0 Å². The molecule has 0 radical (unpaired) electrons. The van der Waals surface area contributed by atoms with E-state index >= 15 is 0 Å². The van der Waals surface area contributed by atoms with Crippen LogP contribution in [0.1, 0.15) is 0 Å². The van der Waals surface area contributed by atoms with Gasteiger partial charge in [-0.05, 0) is 11.3 Å². The molecule has 1 aromatic rings. The SMILES string of the molecule is C=O.c1cnnnc1.